The first-order valence-corrected chi connectivity index (χ1v) is 14.9. The first kappa shape index (κ1) is 24.3. The molecule has 0 saturated heterocycles. The largest absolute Gasteiger partial charge is 0.457 e. The molecule has 0 fully saturated rings. The Labute approximate surface area is 250 Å². The van der Waals surface area contributed by atoms with Crippen molar-refractivity contribution in [3.63, 3.8) is 0 Å². The molecule has 1 aliphatic rings. The molecule has 204 valence electrons. The van der Waals surface area contributed by atoms with Gasteiger partial charge in [0.25, 0.3) is 0 Å². The Morgan fingerprint density at radius 1 is 0.512 bits per heavy atom. The molecule has 9 rings (SSSR count). The molecule has 0 aliphatic carbocycles. The van der Waals surface area contributed by atoms with Crippen LogP contribution in [0.2, 0.25) is 0 Å². The second kappa shape index (κ2) is 8.83. The van der Waals surface area contributed by atoms with E-state index in [1.165, 1.54) is 65.6 Å². The van der Waals surface area contributed by atoms with Gasteiger partial charge in [-0.1, -0.05) is 117 Å². The fourth-order valence-corrected chi connectivity index (χ4v) is 7.24. The first-order chi connectivity index (χ1) is 21.1. The third-order valence-corrected chi connectivity index (χ3v) is 9.43. The molecular weight excluding hydrogens is 522 g/mol. The van der Waals surface area contributed by atoms with Gasteiger partial charge in [0, 0.05) is 38.4 Å². The molecule has 0 amide bonds. The van der Waals surface area contributed by atoms with Crippen molar-refractivity contribution in [2.24, 2.45) is 0 Å². The Morgan fingerprint density at radius 2 is 1.16 bits per heavy atom. The van der Waals surface area contributed by atoms with Crippen molar-refractivity contribution >= 4 is 43.4 Å². The number of para-hydroxylation sites is 1. The van der Waals surface area contributed by atoms with Crippen molar-refractivity contribution < 1.29 is 4.74 Å². The van der Waals surface area contributed by atoms with Gasteiger partial charge in [-0.15, -0.1) is 0 Å². The van der Waals surface area contributed by atoms with Crippen LogP contribution in [0.25, 0.3) is 60.2 Å². The molecule has 0 saturated carbocycles. The van der Waals surface area contributed by atoms with Crippen molar-refractivity contribution in [3.8, 4) is 28.3 Å². The molecule has 0 radical (unpaired) electrons. The van der Waals surface area contributed by atoms with E-state index in [2.05, 4.69) is 152 Å². The molecule has 0 N–H and O–H groups in total. The molecule has 0 unspecified atom stereocenters. The normalized spacial score (nSPS) is 13.7. The van der Waals surface area contributed by atoms with Crippen molar-refractivity contribution in [1.82, 2.24) is 4.57 Å². The highest BCUT2D eigenvalue weighted by Gasteiger charge is 2.34. The quantitative estimate of drug-likeness (QED) is 0.208. The lowest BCUT2D eigenvalue weighted by molar-refractivity contribution is 0.418. The summed E-state index contributed by atoms with van der Waals surface area (Å²) in [5.74, 6) is 1.89. The zero-order valence-corrected chi connectivity index (χ0v) is 24.1. The van der Waals surface area contributed by atoms with Crippen LogP contribution in [0, 0.1) is 0 Å². The average Bonchev–Trinajstić information content (AvgIpc) is 3.40. The Morgan fingerprint density at radius 3 is 2.00 bits per heavy atom. The highest BCUT2D eigenvalue weighted by atomic mass is 16.5. The number of nitrogens with zero attached hydrogens (tertiary/aromatic N) is 1. The van der Waals surface area contributed by atoms with Crippen molar-refractivity contribution in [2.75, 3.05) is 0 Å². The molecule has 0 atom stereocenters. The topological polar surface area (TPSA) is 14.2 Å². The van der Waals surface area contributed by atoms with E-state index in [0.29, 0.717) is 0 Å². The van der Waals surface area contributed by atoms with E-state index < -0.39 is 0 Å². The van der Waals surface area contributed by atoms with E-state index in [-0.39, 0.29) is 5.41 Å². The summed E-state index contributed by atoms with van der Waals surface area (Å²) in [5, 5.41) is 7.66. The summed E-state index contributed by atoms with van der Waals surface area (Å²) in [6.45, 7) is 4.58. The van der Waals surface area contributed by atoms with Crippen LogP contribution in [-0.4, -0.2) is 4.57 Å². The van der Waals surface area contributed by atoms with E-state index >= 15 is 0 Å². The van der Waals surface area contributed by atoms with E-state index in [1.807, 2.05) is 6.07 Å². The van der Waals surface area contributed by atoms with Gasteiger partial charge < -0.3 is 9.30 Å². The predicted octanol–water partition coefficient (Wildman–Crippen LogP) is 11.2. The number of hydrogen-bond acceptors (Lipinski definition) is 1. The highest BCUT2D eigenvalue weighted by Crippen LogP contribution is 2.49. The lowest BCUT2D eigenvalue weighted by atomic mass is 9.75. The lowest BCUT2D eigenvalue weighted by Gasteiger charge is -2.34. The Bertz CT molecular complexity index is 2390. The maximum absolute atomic E-state index is 6.32. The maximum Gasteiger partial charge on any atom is 0.131 e. The minimum absolute atomic E-state index is 0.146. The van der Waals surface area contributed by atoms with Crippen molar-refractivity contribution in [3.05, 3.63) is 151 Å². The van der Waals surface area contributed by atoms with Crippen LogP contribution >= 0.6 is 0 Å². The van der Waals surface area contributed by atoms with Gasteiger partial charge in [-0.3, -0.25) is 0 Å². The Hall–Kier alpha value is -5.34. The molecule has 2 heterocycles. The summed E-state index contributed by atoms with van der Waals surface area (Å²) in [5.41, 5.74) is 8.32. The van der Waals surface area contributed by atoms with Crippen LogP contribution in [0.5, 0.6) is 11.5 Å². The maximum atomic E-state index is 6.32. The minimum atomic E-state index is -0.146. The third kappa shape index (κ3) is 3.47. The summed E-state index contributed by atoms with van der Waals surface area (Å²) >= 11 is 0. The van der Waals surface area contributed by atoms with Gasteiger partial charge in [0.2, 0.25) is 0 Å². The molecule has 2 nitrogen and oxygen atoms in total. The summed E-state index contributed by atoms with van der Waals surface area (Å²) < 4.78 is 8.76. The Kier molecular flexibility index (Phi) is 4.99. The fourth-order valence-electron chi connectivity index (χ4n) is 7.24. The van der Waals surface area contributed by atoms with Gasteiger partial charge in [-0.05, 0) is 63.7 Å². The monoisotopic (exact) mass is 551 g/mol. The van der Waals surface area contributed by atoms with Crippen LogP contribution in [0.1, 0.15) is 25.0 Å². The molecule has 7 aromatic carbocycles. The standard InChI is InChI=1S/C41H29NO/c1-41(2)34-13-7-8-14-37(34)43-38-24-19-29(25-35(38)41)26-15-20-30(21-16-26)42-36-23-18-27-9-3-5-11-31(27)39(36)33-22-17-28-10-4-6-12-32(28)40(33)42/h3-25H,1-2H3. The van der Waals surface area contributed by atoms with Gasteiger partial charge in [0.1, 0.15) is 11.5 Å². The van der Waals surface area contributed by atoms with Crippen molar-refractivity contribution in [2.45, 2.75) is 19.3 Å². The van der Waals surface area contributed by atoms with E-state index in [9.17, 15) is 0 Å². The molecule has 0 spiro atoms. The van der Waals surface area contributed by atoms with E-state index in [0.717, 1.165) is 17.2 Å². The number of ether oxygens (including phenoxy) is 1. The van der Waals surface area contributed by atoms with Gasteiger partial charge >= 0.3 is 0 Å². The number of hydrogen-bond donors (Lipinski definition) is 0. The summed E-state index contributed by atoms with van der Waals surface area (Å²) in [6, 6.07) is 50.5. The lowest BCUT2D eigenvalue weighted by Crippen LogP contribution is -2.24. The third-order valence-electron chi connectivity index (χ3n) is 9.43. The van der Waals surface area contributed by atoms with Gasteiger partial charge in [0.05, 0.1) is 11.0 Å². The summed E-state index contributed by atoms with van der Waals surface area (Å²) in [6.07, 6.45) is 0. The van der Waals surface area contributed by atoms with E-state index in [1.54, 1.807) is 0 Å². The molecular formula is C41H29NO. The molecule has 1 aromatic heterocycles. The minimum Gasteiger partial charge on any atom is -0.457 e. The molecule has 43 heavy (non-hydrogen) atoms. The van der Waals surface area contributed by atoms with Gasteiger partial charge in [0.15, 0.2) is 0 Å². The van der Waals surface area contributed by atoms with Crippen LogP contribution in [0.4, 0.5) is 0 Å². The van der Waals surface area contributed by atoms with Crippen LogP contribution in [0.3, 0.4) is 0 Å². The predicted molar refractivity (Wildman–Crippen MR) is 180 cm³/mol. The van der Waals surface area contributed by atoms with E-state index in [4.69, 9.17) is 4.74 Å². The van der Waals surface area contributed by atoms with Crippen molar-refractivity contribution in [1.29, 1.82) is 0 Å². The summed E-state index contributed by atoms with van der Waals surface area (Å²) in [7, 11) is 0. The van der Waals surface area contributed by atoms with Crippen LogP contribution < -0.4 is 4.74 Å². The number of benzene rings is 7. The summed E-state index contributed by atoms with van der Waals surface area (Å²) in [4.78, 5) is 0. The molecule has 8 aromatic rings. The number of rotatable bonds is 2. The SMILES string of the molecule is CC1(C)c2ccccc2Oc2ccc(-c3ccc(-n4c5ccc6ccccc6c5c5ccc6ccccc6c54)cc3)cc21. The zero-order valence-electron chi connectivity index (χ0n) is 24.1. The molecule has 1 aliphatic heterocycles. The smallest absolute Gasteiger partial charge is 0.131 e. The highest BCUT2D eigenvalue weighted by molar-refractivity contribution is 6.25. The average molecular weight is 552 g/mol. The van der Waals surface area contributed by atoms with Gasteiger partial charge in [-0.2, -0.15) is 0 Å². The Balaban J connectivity index is 1.23. The van der Waals surface area contributed by atoms with Gasteiger partial charge in [-0.25, -0.2) is 0 Å². The first-order valence-electron chi connectivity index (χ1n) is 14.9. The fraction of sp³-hybridized carbons (Fsp3) is 0.0732. The zero-order chi connectivity index (χ0) is 28.7. The molecule has 0 bridgehead atoms. The van der Waals surface area contributed by atoms with Crippen LogP contribution in [0.15, 0.2) is 140 Å². The second-order valence-electron chi connectivity index (χ2n) is 12.2. The second-order valence-corrected chi connectivity index (χ2v) is 12.2. The number of fused-ring (bicyclic) bond motifs is 9. The number of aromatic nitrogens is 1. The van der Waals surface area contributed by atoms with Crippen LogP contribution in [-0.2, 0) is 5.41 Å². The molecule has 2 heteroatoms.